The van der Waals surface area contributed by atoms with Crippen LogP contribution in [0, 0.1) is 6.92 Å². The van der Waals surface area contributed by atoms with Crippen molar-refractivity contribution in [2.24, 2.45) is 0 Å². The SMILES string of the molecule is COC(=O)c1cc2cc(NCc3cc(NC(=O)Cc4ccc5c(c4)OCC5)ccc3C)cnc2[nH]1. The van der Waals surface area contributed by atoms with Crippen LogP contribution in [0.25, 0.3) is 11.0 Å². The molecule has 0 unspecified atom stereocenters. The highest BCUT2D eigenvalue weighted by Crippen LogP contribution is 2.26. The number of carbonyl (C=O) groups is 2. The first-order valence-electron chi connectivity index (χ1n) is 11.4. The predicted octanol–water partition coefficient (Wildman–Crippen LogP) is 4.39. The van der Waals surface area contributed by atoms with E-state index in [1.54, 1.807) is 12.3 Å². The number of aromatic nitrogens is 2. The van der Waals surface area contributed by atoms with E-state index in [0.29, 0.717) is 24.5 Å². The van der Waals surface area contributed by atoms with Crippen LogP contribution in [0.15, 0.2) is 54.7 Å². The standard InChI is InChI=1S/C27H26N4O4/c1-16-3-6-21(30-25(32)10-17-4-5-18-7-8-35-24(18)9-17)12-20(16)14-28-22-11-19-13-23(27(33)34-2)31-26(19)29-15-22/h3-6,9,11-13,15,28H,7-8,10,14H2,1-2H3,(H,29,31)(H,30,32). The minimum atomic E-state index is -0.434. The summed E-state index contributed by atoms with van der Waals surface area (Å²) in [6.45, 7) is 3.29. The number of pyridine rings is 1. The quantitative estimate of drug-likeness (QED) is 0.346. The van der Waals surface area contributed by atoms with Crippen LogP contribution in [0.4, 0.5) is 11.4 Å². The summed E-state index contributed by atoms with van der Waals surface area (Å²) in [7, 11) is 1.34. The summed E-state index contributed by atoms with van der Waals surface area (Å²) in [5.74, 6) is 0.374. The van der Waals surface area contributed by atoms with E-state index in [-0.39, 0.29) is 12.3 Å². The Morgan fingerprint density at radius 1 is 1.11 bits per heavy atom. The van der Waals surface area contributed by atoms with E-state index < -0.39 is 5.97 Å². The third-order valence-corrected chi connectivity index (χ3v) is 6.12. The zero-order valence-corrected chi connectivity index (χ0v) is 19.6. The molecule has 0 saturated carbocycles. The fraction of sp³-hybridized carbons (Fsp3) is 0.222. The second-order valence-electron chi connectivity index (χ2n) is 8.60. The van der Waals surface area contributed by atoms with Gasteiger partial charge < -0.3 is 25.1 Å². The number of carbonyl (C=O) groups excluding carboxylic acids is 2. The third kappa shape index (κ3) is 4.96. The van der Waals surface area contributed by atoms with Crippen LogP contribution < -0.4 is 15.4 Å². The molecule has 8 nitrogen and oxygen atoms in total. The van der Waals surface area contributed by atoms with Gasteiger partial charge in [0.1, 0.15) is 17.1 Å². The number of ether oxygens (including phenoxy) is 2. The number of benzene rings is 2. The molecule has 0 atom stereocenters. The van der Waals surface area contributed by atoms with Crippen LogP contribution in [0.5, 0.6) is 5.75 Å². The van der Waals surface area contributed by atoms with Gasteiger partial charge in [0.25, 0.3) is 0 Å². The van der Waals surface area contributed by atoms with E-state index in [0.717, 1.165) is 45.6 Å². The van der Waals surface area contributed by atoms with Crippen molar-refractivity contribution in [2.75, 3.05) is 24.4 Å². The van der Waals surface area contributed by atoms with E-state index in [9.17, 15) is 9.59 Å². The zero-order chi connectivity index (χ0) is 24.4. The lowest BCUT2D eigenvalue weighted by Crippen LogP contribution is -2.15. The Bertz CT molecular complexity index is 1430. The molecule has 0 fully saturated rings. The number of nitrogens with zero attached hydrogens (tertiary/aromatic N) is 1. The van der Waals surface area contributed by atoms with E-state index >= 15 is 0 Å². The molecule has 0 aliphatic carbocycles. The van der Waals surface area contributed by atoms with Gasteiger partial charge in [-0.25, -0.2) is 9.78 Å². The van der Waals surface area contributed by atoms with Gasteiger partial charge in [0, 0.05) is 24.0 Å². The molecule has 0 saturated heterocycles. The number of fused-ring (bicyclic) bond motifs is 2. The normalized spacial score (nSPS) is 12.2. The first kappa shape index (κ1) is 22.5. The molecule has 3 N–H and O–H groups in total. The molecule has 4 aromatic rings. The van der Waals surface area contributed by atoms with Gasteiger partial charge >= 0.3 is 5.97 Å². The Balaban J connectivity index is 1.23. The van der Waals surface area contributed by atoms with Gasteiger partial charge in [0.15, 0.2) is 0 Å². The molecule has 1 aliphatic heterocycles. The molecule has 35 heavy (non-hydrogen) atoms. The molecular formula is C27H26N4O4. The van der Waals surface area contributed by atoms with Gasteiger partial charge in [-0.2, -0.15) is 0 Å². The summed E-state index contributed by atoms with van der Waals surface area (Å²) in [6, 6.07) is 15.5. The van der Waals surface area contributed by atoms with E-state index in [1.807, 2.05) is 49.4 Å². The van der Waals surface area contributed by atoms with Crippen LogP contribution in [0.1, 0.15) is 32.7 Å². The molecule has 3 heterocycles. The molecule has 178 valence electrons. The molecule has 0 radical (unpaired) electrons. The van der Waals surface area contributed by atoms with Crippen LogP contribution >= 0.6 is 0 Å². The molecule has 8 heteroatoms. The van der Waals surface area contributed by atoms with Gasteiger partial charge in [-0.05, 0) is 59.5 Å². The Morgan fingerprint density at radius 3 is 2.86 bits per heavy atom. The van der Waals surface area contributed by atoms with Crippen molar-refractivity contribution in [3.8, 4) is 5.75 Å². The third-order valence-electron chi connectivity index (χ3n) is 6.12. The summed E-state index contributed by atoms with van der Waals surface area (Å²) in [4.78, 5) is 31.7. The van der Waals surface area contributed by atoms with Crippen LogP contribution in [-0.2, 0) is 28.9 Å². The highest BCUT2D eigenvalue weighted by Gasteiger charge is 2.14. The molecular weight excluding hydrogens is 444 g/mol. The number of nitrogens with one attached hydrogen (secondary N) is 3. The monoisotopic (exact) mass is 470 g/mol. The van der Waals surface area contributed by atoms with Crippen molar-refractivity contribution < 1.29 is 19.1 Å². The van der Waals surface area contributed by atoms with Gasteiger partial charge in [0.05, 0.1) is 32.0 Å². The van der Waals surface area contributed by atoms with Crippen molar-refractivity contribution >= 4 is 34.3 Å². The summed E-state index contributed by atoms with van der Waals surface area (Å²) in [6.07, 6.45) is 2.92. The Hall–Kier alpha value is -4.33. The number of rotatable bonds is 7. The topological polar surface area (TPSA) is 105 Å². The maximum absolute atomic E-state index is 12.6. The summed E-state index contributed by atoms with van der Waals surface area (Å²) < 4.78 is 10.4. The first-order chi connectivity index (χ1) is 17.0. The van der Waals surface area contributed by atoms with E-state index in [1.165, 1.54) is 12.7 Å². The second kappa shape index (κ2) is 9.50. The fourth-order valence-electron chi connectivity index (χ4n) is 4.18. The minimum absolute atomic E-state index is 0.0748. The number of methoxy groups -OCH3 is 1. The maximum Gasteiger partial charge on any atom is 0.354 e. The van der Waals surface area contributed by atoms with Crippen molar-refractivity contribution in [1.29, 1.82) is 0 Å². The van der Waals surface area contributed by atoms with Crippen LogP contribution in [-0.4, -0.2) is 35.6 Å². The number of aryl methyl sites for hydroxylation is 1. The van der Waals surface area contributed by atoms with Gasteiger partial charge in [-0.3, -0.25) is 4.79 Å². The molecule has 1 aliphatic rings. The van der Waals surface area contributed by atoms with Crippen LogP contribution in [0.3, 0.4) is 0 Å². The number of H-pyrrole nitrogens is 1. The minimum Gasteiger partial charge on any atom is -0.493 e. The molecule has 0 bridgehead atoms. The van der Waals surface area contributed by atoms with E-state index in [4.69, 9.17) is 9.47 Å². The molecule has 2 aromatic heterocycles. The lowest BCUT2D eigenvalue weighted by molar-refractivity contribution is -0.115. The molecule has 0 spiro atoms. The van der Waals surface area contributed by atoms with Crippen molar-refractivity contribution in [2.45, 2.75) is 26.3 Å². The highest BCUT2D eigenvalue weighted by molar-refractivity contribution is 5.94. The smallest absolute Gasteiger partial charge is 0.354 e. The summed E-state index contributed by atoms with van der Waals surface area (Å²) in [5.41, 5.74) is 6.83. The molecule has 5 rings (SSSR count). The van der Waals surface area contributed by atoms with Crippen molar-refractivity contribution in [3.05, 3.63) is 82.7 Å². The Labute approximate surface area is 202 Å². The van der Waals surface area contributed by atoms with Crippen molar-refractivity contribution in [1.82, 2.24) is 9.97 Å². The Morgan fingerprint density at radius 2 is 2.00 bits per heavy atom. The number of anilines is 2. The largest absolute Gasteiger partial charge is 0.493 e. The number of aromatic amines is 1. The van der Waals surface area contributed by atoms with Crippen LogP contribution in [0.2, 0.25) is 0 Å². The number of hydrogen-bond donors (Lipinski definition) is 3. The van der Waals surface area contributed by atoms with Gasteiger partial charge in [0.2, 0.25) is 5.91 Å². The molecule has 2 aromatic carbocycles. The summed E-state index contributed by atoms with van der Waals surface area (Å²) in [5, 5.41) is 7.18. The number of amides is 1. The van der Waals surface area contributed by atoms with Gasteiger partial charge in [-0.15, -0.1) is 0 Å². The number of hydrogen-bond acceptors (Lipinski definition) is 6. The maximum atomic E-state index is 12.6. The lowest BCUT2D eigenvalue weighted by Gasteiger charge is -2.12. The highest BCUT2D eigenvalue weighted by atomic mass is 16.5. The molecule has 1 amide bonds. The number of esters is 1. The predicted molar refractivity (Wildman–Crippen MR) is 134 cm³/mol. The van der Waals surface area contributed by atoms with Gasteiger partial charge in [-0.1, -0.05) is 18.2 Å². The average molecular weight is 471 g/mol. The summed E-state index contributed by atoms with van der Waals surface area (Å²) >= 11 is 0. The zero-order valence-electron chi connectivity index (χ0n) is 19.6. The van der Waals surface area contributed by atoms with Crippen molar-refractivity contribution in [3.63, 3.8) is 0 Å². The fourth-order valence-corrected chi connectivity index (χ4v) is 4.18. The lowest BCUT2D eigenvalue weighted by atomic mass is 10.1. The van der Waals surface area contributed by atoms with E-state index in [2.05, 4.69) is 20.6 Å². The average Bonchev–Trinajstić information content (AvgIpc) is 3.50. The second-order valence-corrected chi connectivity index (χ2v) is 8.60. The first-order valence-corrected chi connectivity index (χ1v) is 11.4. The Kier molecular flexibility index (Phi) is 6.10.